The van der Waals surface area contributed by atoms with Gasteiger partial charge in [0, 0.05) is 15.5 Å². The second kappa shape index (κ2) is 6.01. The molecule has 0 aliphatic rings. The SMILES string of the molecule is COC(=O)c1cc(N)ccc1Sc1ccc(C)cc1C. The van der Waals surface area contributed by atoms with Gasteiger partial charge in [0.25, 0.3) is 0 Å². The van der Waals surface area contributed by atoms with Crippen LogP contribution in [0.2, 0.25) is 0 Å². The Kier molecular flexibility index (Phi) is 4.35. The molecule has 0 bridgehead atoms. The Bertz CT molecular complexity index is 653. The number of carbonyl (C=O) groups excluding carboxylic acids is 1. The molecular formula is C16H17NO2S. The van der Waals surface area contributed by atoms with Crippen LogP contribution in [0.25, 0.3) is 0 Å². The van der Waals surface area contributed by atoms with Crippen LogP contribution in [-0.4, -0.2) is 13.1 Å². The number of ether oxygens (including phenoxy) is 1. The van der Waals surface area contributed by atoms with E-state index in [0.717, 1.165) is 9.79 Å². The number of methoxy groups -OCH3 is 1. The summed E-state index contributed by atoms with van der Waals surface area (Å²) in [7, 11) is 1.37. The fraction of sp³-hybridized carbons (Fsp3) is 0.188. The quantitative estimate of drug-likeness (QED) is 0.688. The molecule has 0 saturated heterocycles. The molecule has 104 valence electrons. The van der Waals surface area contributed by atoms with E-state index in [1.165, 1.54) is 18.2 Å². The molecule has 0 aliphatic carbocycles. The van der Waals surface area contributed by atoms with Crippen LogP contribution in [0.4, 0.5) is 5.69 Å². The minimum absolute atomic E-state index is 0.371. The van der Waals surface area contributed by atoms with Gasteiger partial charge in [-0.1, -0.05) is 29.5 Å². The second-order valence-electron chi connectivity index (χ2n) is 4.62. The molecule has 0 spiro atoms. The predicted molar refractivity (Wildman–Crippen MR) is 82.2 cm³/mol. The van der Waals surface area contributed by atoms with Gasteiger partial charge < -0.3 is 10.5 Å². The van der Waals surface area contributed by atoms with Crippen molar-refractivity contribution in [1.29, 1.82) is 0 Å². The minimum atomic E-state index is -0.371. The summed E-state index contributed by atoms with van der Waals surface area (Å²) in [5.74, 6) is -0.371. The van der Waals surface area contributed by atoms with E-state index in [1.807, 2.05) is 6.07 Å². The number of aryl methyl sites for hydroxylation is 2. The first-order valence-electron chi connectivity index (χ1n) is 6.24. The van der Waals surface area contributed by atoms with Crippen LogP contribution in [0.15, 0.2) is 46.2 Å². The predicted octanol–water partition coefficient (Wildman–Crippen LogP) is 3.82. The Hall–Kier alpha value is -1.94. The molecule has 0 amide bonds. The molecule has 2 aromatic rings. The highest BCUT2D eigenvalue weighted by Gasteiger charge is 2.14. The summed E-state index contributed by atoms with van der Waals surface area (Å²) in [6.07, 6.45) is 0. The van der Waals surface area contributed by atoms with E-state index >= 15 is 0 Å². The molecule has 0 fully saturated rings. The van der Waals surface area contributed by atoms with Gasteiger partial charge >= 0.3 is 5.97 Å². The molecule has 0 aliphatic heterocycles. The van der Waals surface area contributed by atoms with E-state index in [4.69, 9.17) is 10.5 Å². The lowest BCUT2D eigenvalue weighted by atomic mass is 10.2. The third-order valence-electron chi connectivity index (χ3n) is 2.96. The summed E-state index contributed by atoms with van der Waals surface area (Å²) in [6, 6.07) is 11.5. The maximum atomic E-state index is 11.8. The van der Waals surface area contributed by atoms with Crippen LogP contribution in [0, 0.1) is 13.8 Å². The summed E-state index contributed by atoms with van der Waals surface area (Å²) in [5, 5.41) is 0. The fourth-order valence-corrected chi connectivity index (χ4v) is 2.92. The van der Waals surface area contributed by atoms with E-state index in [2.05, 4.69) is 32.0 Å². The van der Waals surface area contributed by atoms with Crippen LogP contribution in [0.3, 0.4) is 0 Å². The molecule has 20 heavy (non-hydrogen) atoms. The van der Waals surface area contributed by atoms with Crippen molar-refractivity contribution >= 4 is 23.4 Å². The molecule has 0 radical (unpaired) electrons. The van der Waals surface area contributed by atoms with Gasteiger partial charge in [0.15, 0.2) is 0 Å². The second-order valence-corrected chi connectivity index (χ2v) is 5.70. The van der Waals surface area contributed by atoms with Gasteiger partial charge in [-0.2, -0.15) is 0 Å². The van der Waals surface area contributed by atoms with Crippen molar-refractivity contribution in [2.24, 2.45) is 0 Å². The molecule has 3 nitrogen and oxygen atoms in total. The normalized spacial score (nSPS) is 10.3. The number of hydrogen-bond donors (Lipinski definition) is 1. The summed E-state index contributed by atoms with van der Waals surface area (Å²) in [5.41, 5.74) is 9.20. The Morgan fingerprint density at radius 2 is 1.80 bits per heavy atom. The molecule has 2 aromatic carbocycles. The Morgan fingerprint density at radius 1 is 1.10 bits per heavy atom. The standard InChI is InChI=1S/C16H17NO2S/c1-10-4-6-14(11(2)8-10)20-15-7-5-12(17)9-13(15)16(18)19-3/h4-9H,17H2,1-3H3. The first-order valence-corrected chi connectivity index (χ1v) is 7.06. The zero-order chi connectivity index (χ0) is 14.7. The molecule has 0 aromatic heterocycles. The summed E-state index contributed by atoms with van der Waals surface area (Å²) in [6.45, 7) is 4.12. The fourth-order valence-electron chi connectivity index (χ4n) is 1.94. The highest BCUT2D eigenvalue weighted by Crippen LogP contribution is 2.34. The molecule has 0 saturated carbocycles. The maximum absolute atomic E-state index is 11.8. The van der Waals surface area contributed by atoms with Crippen molar-refractivity contribution in [3.63, 3.8) is 0 Å². The molecule has 0 heterocycles. The highest BCUT2D eigenvalue weighted by atomic mass is 32.2. The highest BCUT2D eigenvalue weighted by molar-refractivity contribution is 7.99. The van der Waals surface area contributed by atoms with Crippen molar-refractivity contribution in [3.05, 3.63) is 53.1 Å². The van der Waals surface area contributed by atoms with Gasteiger partial charge in [-0.25, -0.2) is 4.79 Å². The van der Waals surface area contributed by atoms with Crippen LogP contribution in [0.1, 0.15) is 21.5 Å². The first-order chi connectivity index (χ1) is 9.51. The van der Waals surface area contributed by atoms with Gasteiger partial charge in [-0.15, -0.1) is 0 Å². The molecule has 2 N–H and O–H groups in total. The van der Waals surface area contributed by atoms with Crippen molar-refractivity contribution in [1.82, 2.24) is 0 Å². The molecule has 2 rings (SSSR count). The summed E-state index contributed by atoms with van der Waals surface area (Å²) < 4.78 is 4.81. The number of nitrogen functional groups attached to an aromatic ring is 1. The third-order valence-corrected chi connectivity index (χ3v) is 4.21. The number of rotatable bonds is 3. The van der Waals surface area contributed by atoms with E-state index in [-0.39, 0.29) is 5.97 Å². The molecule has 0 unspecified atom stereocenters. The monoisotopic (exact) mass is 287 g/mol. The third kappa shape index (κ3) is 3.14. The minimum Gasteiger partial charge on any atom is -0.465 e. The van der Waals surface area contributed by atoms with E-state index in [9.17, 15) is 4.79 Å². The van der Waals surface area contributed by atoms with Crippen molar-refractivity contribution < 1.29 is 9.53 Å². The summed E-state index contributed by atoms with van der Waals surface area (Å²) in [4.78, 5) is 13.8. The van der Waals surface area contributed by atoms with Crippen LogP contribution >= 0.6 is 11.8 Å². The average molecular weight is 287 g/mol. The largest absolute Gasteiger partial charge is 0.465 e. The van der Waals surface area contributed by atoms with Gasteiger partial charge in [0.05, 0.1) is 12.7 Å². The van der Waals surface area contributed by atoms with Gasteiger partial charge in [0.2, 0.25) is 0 Å². The Balaban J connectivity index is 2.40. The zero-order valence-electron chi connectivity index (χ0n) is 11.8. The zero-order valence-corrected chi connectivity index (χ0v) is 12.6. The topological polar surface area (TPSA) is 52.3 Å². The van der Waals surface area contributed by atoms with Crippen molar-refractivity contribution in [2.75, 3.05) is 12.8 Å². The number of benzene rings is 2. The van der Waals surface area contributed by atoms with Crippen LogP contribution in [0.5, 0.6) is 0 Å². The Labute approximate surface area is 123 Å². The van der Waals surface area contributed by atoms with Gasteiger partial charge in [-0.3, -0.25) is 0 Å². The molecule has 0 atom stereocenters. The van der Waals surface area contributed by atoms with Crippen LogP contribution in [-0.2, 0) is 4.74 Å². The van der Waals surface area contributed by atoms with Gasteiger partial charge in [-0.05, 0) is 43.7 Å². The molecular weight excluding hydrogens is 270 g/mol. The van der Waals surface area contributed by atoms with Crippen molar-refractivity contribution in [2.45, 2.75) is 23.6 Å². The number of esters is 1. The smallest absolute Gasteiger partial charge is 0.339 e. The lowest BCUT2D eigenvalue weighted by molar-refractivity contribution is 0.0597. The average Bonchev–Trinajstić information content (AvgIpc) is 2.42. The van der Waals surface area contributed by atoms with Gasteiger partial charge in [0.1, 0.15) is 0 Å². The number of carbonyl (C=O) groups is 1. The molecule has 4 heteroatoms. The van der Waals surface area contributed by atoms with Crippen LogP contribution < -0.4 is 5.73 Å². The van der Waals surface area contributed by atoms with E-state index < -0.39 is 0 Å². The number of hydrogen-bond acceptors (Lipinski definition) is 4. The lowest BCUT2D eigenvalue weighted by Crippen LogP contribution is -2.04. The van der Waals surface area contributed by atoms with E-state index in [0.29, 0.717) is 11.3 Å². The Morgan fingerprint density at radius 3 is 2.45 bits per heavy atom. The lowest BCUT2D eigenvalue weighted by Gasteiger charge is -2.10. The summed E-state index contributed by atoms with van der Waals surface area (Å²) >= 11 is 1.55. The van der Waals surface area contributed by atoms with E-state index in [1.54, 1.807) is 23.9 Å². The maximum Gasteiger partial charge on any atom is 0.339 e. The first kappa shape index (κ1) is 14.5. The number of anilines is 1. The van der Waals surface area contributed by atoms with Crippen molar-refractivity contribution in [3.8, 4) is 0 Å². The number of nitrogens with two attached hydrogens (primary N) is 1.